The molecule has 1 rings (SSSR count). The van der Waals surface area contributed by atoms with Crippen molar-refractivity contribution in [3.05, 3.63) is 6.92 Å². The van der Waals surface area contributed by atoms with E-state index in [1.165, 1.54) is 0 Å². The highest BCUT2D eigenvalue weighted by Gasteiger charge is 2.27. The molecule has 1 aliphatic rings. The normalized spacial score (nSPS) is 23.4. The molecule has 0 aromatic heterocycles. The summed E-state index contributed by atoms with van der Waals surface area (Å²) in [7, 11) is 0. The molecule has 1 saturated heterocycles. The van der Waals surface area contributed by atoms with Gasteiger partial charge in [-0.25, -0.2) is 4.79 Å². The summed E-state index contributed by atoms with van der Waals surface area (Å²) in [6.07, 6.45) is 2.98. The second kappa shape index (κ2) is 4.20. The SMILES string of the molecule is [CH2]C1CCCCN1C(=O)OC(C)(C)C. The summed E-state index contributed by atoms with van der Waals surface area (Å²) in [6.45, 7) is 10.4. The number of hydrogen-bond donors (Lipinski definition) is 0. The van der Waals surface area contributed by atoms with E-state index in [0.29, 0.717) is 0 Å². The van der Waals surface area contributed by atoms with E-state index in [-0.39, 0.29) is 12.1 Å². The van der Waals surface area contributed by atoms with Crippen molar-refractivity contribution in [3.63, 3.8) is 0 Å². The monoisotopic (exact) mass is 198 g/mol. The molecule has 0 bridgehead atoms. The Balaban J connectivity index is 2.50. The Morgan fingerprint density at radius 1 is 1.43 bits per heavy atom. The Morgan fingerprint density at radius 3 is 2.57 bits per heavy atom. The number of carbonyl (C=O) groups excluding carboxylic acids is 1. The molecule has 1 atom stereocenters. The number of amides is 1. The summed E-state index contributed by atoms with van der Waals surface area (Å²) in [5, 5.41) is 0. The molecule has 0 aromatic rings. The molecule has 0 aromatic carbocycles. The lowest BCUT2D eigenvalue weighted by Gasteiger charge is -2.34. The van der Waals surface area contributed by atoms with Crippen molar-refractivity contribution >= 4 is 6.09 Å². The van der Waals surface area contributed by atoms with E-state index >= 15 is 0 Å². The number of likely N-dealkylation sites (tertiary alicyclic amines) is 1. The van der Waals surface area contributed by atoms with Gasteiger partial charge in [0.05, 0.1) is 0 Å². The summed E-state index contributed by atoms with van der Waals surface area (Å²) >= 11 is 0. The molecule has 3 heteroatoms. The van der Waals surface area contributed by atoms with Crippen LogP contribution in [0.2, 0.25) is 0 Å². The molecule has 0 saturated carbocycles. The first-order chi connectivity index (χ1) is 6.40. The highest BCUT2D eigenvalue weighted by Crippen LogP contribution is 2.19. The molecule has 0 N–H and O–H groups in total. The number of nitrogens with zero attached hydrogens (tertiary/aromatic N) is 1. The van der Waals surface area contributed by atoms with Gasteiger partial charge in [-0.2, -0.15) is 0 Å². The molecular formula is C11H20NO2. The molecule has 1 aliphatic heterocycles. The van der Waals surface area contributed by atoms with Crippen LogP contribution in [-0.2, 0) is 4.74 Å². The molecule has 1 amide bonds. The first-order valence-corrected chi connectivity index (χ1v) is 5.23. The molecule has 14 heavy (non-hydrogen) atoms. The minimum Gasteiger partial charge on any atom is -0.444 e. The van der Waals surface area contributed by atoms with Gasteiger partial charge in [0.1, 0.15) is 5.60 Å². The van der Waals surface area contributed by atoms with Gasteiger partial charge in [-0.15, -0.1) is 0 Å². The Kier molecular flexibility index (Phi) is 3.40. The van der Waals surface area contributed by atoms with Crippen LogP contribution in [0.1, 0.15) is 40.0 Å². The predicted molar refractivity (Wildman–Crippen MR) is 55.9 cm³/mol. The van der Waals surface area contributed by atoms with Crippen molar-refractivity contribution in [3.8, 4) is 0 Å². The predicted octanol–water partition coefficient (Wildman–Crippen LogP) is 2.61. The van der Waals surface area contributed by atoms with E-state index in [1.807, 2.05) is 20.8 Å². The number of rotatable bonds is 0. The molecule has 0 spiro atoms. The van der Waals surface area contributed by atoms with Gasteiger partial charge in [-0.1, -0.05) is 0 Å². The fourth-order valence-electron chi connectivity index (χ4n) is 1.56. The fourth-order valence-corrected chi connectivity index (χ4v) is 1.56. The van der Waals surface area contributed by atoms with Gasteiger partial charge in [0.25, 0.3) is 0 Å². The van der Waals surface area contributed by atoms with Crippen molar-refractivity contribution in [1.29, 1.82) is 0 Å². The van der Waals surface area contributed by atoms with Gasteiger partial charge < -0.3 is 9.64 Å². The standard InChI is InChI=1S/C11H20NO2/c1-9-7-5-6-8-12(9)10(13)14-11(2,3)4/h9H,1,5-8H2,2-4H3. The van der Waals surface area contributed by atoms with Crippen molar-refractivity contribution in [2.45, 2.75) is 51.7 Å². The van der Waals surface area contributed by atoms with Crippen LogP contribution >= 0.6 is 0 Å². The minimum atomic E-state index is -0.408. The van der Waals surface area contributed by atoms with Gasteiger partial charge in [-0.3, -0.25) is 0 Å². The summed E-state index contributed by atoms with van der Waals surface area (Å²) in [5.74, 6) is 0. The first kappa shape index (κ1) is 11.3. The van der Waals surface area contributed by atoms with Crippen LogP contribution in [0.4, 0.5) is 4.79 Å². The summed E-state index contributed by atoms with van der Waals surface area (Å²) in [5.41, 5.74) is -0.408. The summed E-state index contributed by atoms with van der Waals surface area (Å²) in [4.78, 5) is 13.4. The van der Waals surface area contributed by atoms with Gasteiger partial charge in [0, 0.05) is 12.6 Å². The van der Waals surface area contributed by atoms with Crippen LogP contribution in [0.15, 0.2) is 0 Å². The highest BCUT2D eigenvalue weighted by atomic mass is 16.6. The van der Waals surface area contributed by atoms with E-state index in [1.54, 1.807) is 4.90 Å². The van der Waals surface area contributed by atoms with E-state index in [4.69, 9.17) is 4.74 Å². The van der Waals surface area contributed by atoms with E-state index < -0.39 is 5.60 Å². The molecule has 1 unspecified atom stereocenters. The highest BCUT2D eigenvalue weighted by molar-refractivity contribution is 5.68. The Labute approximate surface area is 86.4 Å². The number of carbonyl (C=O) groups is 1. The maximum Gasteiger partial charge on any atom is 0.410 e. The van der Waals surface area contributed by atoms with E-state index in [9.17, 15) is 4.79 Å². The van der Waals surface area contributed by atoms with Crippen molar-refractivity contribution in [2.24, 2.45) is 0 Å². The summed E-state index contributed by atoms with van der Waals surface area (Å²) < 4.78 is 5.29. The molecule has 0 aliphatic carbocycles. The zero-order valence-corrected chi connectivity index (χ0v) is 9.38. The first-order valence-electron chi connectivity index (χ1n) is 5.23. The molecule has 1 fully saturated rings. The van der Waals surface area contributed by atoms with Crippen LogP contribution in [0.5, 0.6) is 0 Å². The second-order valence-corrected chi connectivity index (χ2v) is 4.82. The molecule has 1 heterocycles. The van der Waals surface area contributed by atoms with Crippen LogP contribution in [0.25, 0.3) is 0 Å². The second-order valence-electron chi connectivity index (χ2n) is 4.82. The molecular weight excluding hydrogens is 178 g/mol. The van der Waals surface area contributed by atoms with Crippen LogP contribution in [0.3, 0.4) is 0 Å². The molecule has 1 radical (unpaired) electrons. The molecule has 3 nitrogen and oxygen atoms in total. The van der Waals surface area contributed by atoms with Crippen molar-refractivity contribution in [1.82, 2.24) is 4.90 Å². The van der Waals surface area contributed by atoms with Gasteiger partial charge in [-0.05, 0) is 47.0 Å². The number of ether oxygens (including phenoxy) is 1. The number of piperidine rings is 1. The van der Waals surface area contributed by atoms with Gasteiger partial charge >= 0.3 is 6.09 Å². The Morgan fingerprint density at radius 2 is 2.07 bits per heavy atom. The quantitative estimate of drug-likeness (QED) is 0.598. The Bertz CT molecular complexity index is 208. The largest absolute Gasteiger partial charge is 0.444 e. The fraction of sp³-hybridized carbons (Fsp3) is 0.818. The Hall–Kier alpha value is -0.730. The third-order valence-corrected chi connectivity index (χ3v) is 2.26. The lowest BCUT2D eigenvalue weighted by atomic mass is 10.0. The summed E-state index contributed by atoms with van der Waals surface area (Å²) in [6, 6.07) is 0.0820. The maximum absolute atomic E-state index is 11.7. The van der Waals surface area contributed by atoms with Crippen LogP contribution < -0.4 is 0 Å². The van der Waals surface area contributed by atoms with Crippen molar-refractivity contribution < 1.29 is 9.53 Å². The van der Waals surface area contributed by atoms with E-state index in [0.717, 1.165) is 25.8 Å². The molecule has 81 valence electrons. The number of hydrogen-bond acceptors (Lipinski definition) is 2. The zero-order chi connectivity index (χ0) is 10.8. The smallest absolute Gasteiger partial charge is 0.410 e. The average Bonchev–Trinajstić information content (AvgIpc) is 2.01. The van der Waals surface area contributed by atoms with E-state index in [2.05, 4.69) is 6.92 Å². The minimum absolute atomic E-state index is 0.0820. The lowest BCUT2D eigenvalue weighted by molar-refractivity contribution is 0.0147. The van der Waals surface area contributed by atoms with Gasteiger partial charge in [0.2, 0.25) is 0 Å². The van der Waals surface area contributed by atoms with Gasteiger partial charge in [0.15, 0.2) is 0 Å². The topological polar surface area (TPSA) is 29.5 Å². The van der Waals surface area contributed by atoms with Crippen LogP contribution in [0, 0.1) is 6.92 Å². The third-order valence-electron chi connectivity index (χ3n) is 2.26. The van der Waals surface area contributed by atoms with Crippen molar-refractivity contribution in [2.75, 3.05) is 6.54 Å². The maximum atomic E-state index is 11.7. The third kappa shape index (κ3) is 3.20. The van der Waals surface area contributed by atoms with Crippen LogP contribution in [-0.4, -0.2) is 29.2 Å². The average molecular weight is 198 g/mol. The zero-order valence-electron chi connectivity index (χ0n) is 9.38. The lowest BCUT2D eigenvalue weighted by Crippen LogP contribution is -2.44.